The zero-order chi connectivity index (χ0) is 68.3. The molecule has 0 aliphatic rings. The fourth-order valence-corrected chi connectivity index (χ4v) is 13.5. The third-order valence-corrected chi connectivity index (χ3v) is 20.1. The largest absolute Gasteiger partial charge is 0.756 e. The molecule has 0 amide bonds. The first-order valence-corrected chi connectivity index (χ1v) is 43.2. The monoisotopic (exact) mass is 1340 g/mol. The predicted octanol–water partition coefficient (Wildman–Crippen LogP) is 27.1. The number of phosphoric acid groups is 1. The van der Waals surface area contributed by atoms with Gasteiger partial charge in [-0.15, -0.1) is 0 Å². The molecule has 0 aliphatic carbocycles. The number of hydrogen-bond acceptors (Lipinski definition) is 8. The van der Waals surface area contributed by atoms with Gasteiger partial charge in [-0.3, -0.25) is 14.2 Å². The Morgan fingerprint density at radius 3 is 0.851 bits per heavy atom. The van der Waals surface area contributed by atoms with Gasteiger partial charge in [0.25, 0.3) is 7.82 Å². The maximum absolute atomic E-state index is 12.9. The smallest absolute Gasteiger partial charge is 0.306 e. The van der Waals surface area contributed by atoms with Crippen molar-refractivity contribution >= 4 is 19.8 Å². The van der Waals surface area contributed by atoms with E-state index in [4.69, 9.17) is 18.5 Å². The number of nitrogens with zero attached hydrogens (tertiary/aromatic N) is 1. The van der Waals surface area contributed by atoms with Gasteiger partial charge in [0, 0.05) is 12.8 Å². The maximum atomic E-state index is 12.9. The third-order valence-electron chi connectivity index (χ3n) is 19.1. The first kappa shape index (κ1) is 92.2. The highest BCUT2D eigenvalue weighted by atomic mass is 31.2. The van der Waals surface area contributed by atoms with Crippen LogP contribution >= 0.6 is 7.82 Å². The zero-order valence-corrected chi connectivity index (χ0v) is 64.6. The predicted molar refractivity (Wildman–Crippen MR) is 407 cm³/mol. The van der Waals surface area contributed by atoms with E-state index < -0.39 is 26.5 Å². The van der Waals surface area contributed by atoms with E-state index in [-0.39, 0.29) is 32.0 Å². The van der Waals surface area contributed by atoms with Gasteiger partial charge >= 0.3 is 11.9 Å². The van der Waals surface area contributed by atoms with Crippen molar-refractivity contribution in [3.8, 4) is 0 Å². The number of phosphoric ester groups is 1. The molecule has 94 heavy (non-hydrogen) atoms. The zero-order valence-electron chi connectivity index (χ0n) is 63.7. The number of carbonyl (C=O) groups excluding carboxylic acids is 2. The van der Waals surface area contributed by atoms with E-state index >= 15 is 0 Å². The number of likely N-dealkylation sites (N-methyl/N-ethyl adjacent to an activating group) is 1. The molecule has 0 bridgehead atoms. The lowest BCUT2D eigenvalue weighted by Crippen LogP contribution is -2.37. The van der Waals surface area contributed by atoms with Gasteiger partial charge in [0.05, 0.1) is 27.7 Å². The van der Waals surface area contributed by atoms with Crippen LogP contribution in [-0.4, -0.2) is 70.0 Å². The maximum Gasteiger partial charge on any atom is 0.306 e. The van der Waals surface area contributed by atoms with Gasteiger partial charge in [-0.2, -0.15) is 0 Å². The number of carbonyl (C=O) groups is 2. The van der Waals surface area contributed by atoms with Gasteiger partial charge < -0.3 is 27.9 Å². The number of quaternary nitrogens is 1. The Hall–Kier alpha value is -1.77. The van der Waals surface area contributed by atoms with Crippen molar-refractivity contribution in [2.24, 2.45) is 0 Å². The van der Waals surface area contributed by atoms with Crippen molar-refractivity contribution in [1.82, 2.24) is 0 Å². The molecule has 10 heteroatoms. The fourth-order valence-electron chi connectivity index (χ4n) is 12.7. The quantitative estimate of drug-likeness (QED) is 0.0195. The van der Waals surface area contributed by atoms with Crippen molar-refractivity contribution in [3.05, 3.63) is 36.5 Å². The molecule has 0 aliphatic heterocycles. The van der Waals surface area contributed by atoms with Crippen LogP contribution in [0.4, 0.5) is 0 Å². The number of unbranched alkanes of at least 4 members (excludes halogenated alkanes) is 59. The van der Waals surface area contributed by atoms with Crippen LogP contribution in [0.1, 0.15) is 438 Å². The molecule has 9 nitrogen and oxygen atoms in total. The molecule has 0 saturated carbocycles. The minimum absolute atomic E-state index is 0.0269. The first-order chi connectivity index (χ1) is 46.0. The number of hydrogen-bond donors (Lipinski definition) is 0. The molecule has 0 aromatic heterocycles. The second-order valence-corrected chi connectivity index (χ2v) is 31.3. The minimum Gasteiger partial charge on any atom is -0.756 e. The van der Waals surface area contributed by atoms with E-state index in [0.717, 1.165) is 38.5 Å². The number of allylic oxidation sites excluding steroid dienone is 6. The average Bonchev–Trinajstić information content (AvgIpc) is 1.68. The molecule has 0 fully saturated rings. The van der Waals surface area contributed by atoms with Crippen molar-refractivity contribution in [2.75, 3.05) is 47.5 Å². The summed E-state index contributed by atoms with van der Waals surface area (Å²) in [5, 5.41) is 0. The molecule has 0 aromatic rings. The highest BCUT2D eigenvalue weighted by Gasteiger charge is 2.22. The normalized spacial score (nSPS) is 13.1. The van der Waals surface area contributed by atoms with Crippen LogP contribution in [0, 0.1) is 0 Å². The molecule has 0 aromatic carbocycles. The Morgan fingerprint density at radius 1 is 0.330 bits per heavy atom. The number of esters is 2. The summed E-state index contributed by atoms with van der Waals surface area (Å²) in [6.45, 7) is 4.32. The lowest BCUT2D eigenvalue weighted by atomic mass is 10.0. The van der Waals surface area contributed by atoms with Crippen LogP contribution in [0.15, 0.2) is 36.5 Å². The van der Waals surface area contributed by atoms with Gasteiger partial charge in [-0.1, -0.05) is 391 Å². The van der Waals surface area contributed by atoms with Gasteiger partial charge in [0.1, 0.15) is 19.8 Å². The molecule has 0 rings (SSSR count). The standard InChI is InChI=1S/C84H162NO8P/c1-6-8-10-12-14-16-18-20-22-24-26-28-30-32-34-36-38-40-42-44-46-48-50-52-54-56-58-60-62-64-66-68-70-72-74-76-83(86)90-80-82(81-92-94(88,89)91-79-78-85(3,4)5)93-84(87)77-75-73-71-69-67-65-63-61-59-57-55-53-51-49-47-45-43-41-39-37-35-33-31-29-27-25-23-21-19-17-15-13-11-9-7-2/h19,21,24-27,82H,6-18,20,22-23,28-81H2,1-5H3/b21-19-,26-24-,27-25-. The Labute approximate surface area is 586 Å². The summed E-state index contributed by atoms with van der Waals surface area (Å²) in [4.78, 5) is 38.2. The van der Waals surface area contributed by atoms with E-state index in [1.807, 2.05) is 21.1 Å². The molecule has 0 spiro atoms. The minimum atomic E-state index is -4.64. The van der Waals surface area contributed by atoms with Crippen molar-refractivity contribution in [2.45, 2.75) is 444 Å². The van der Waals surface area contributed by atoms with Gasteiger partial charge in [0.2, 0.25) is 0 Å². The summed E-state index contributed by atoms with van der Waals surface area (Å²) in [5.74, 6) is -0.805. The van der Waals surface area contributed by atoms with Crippen LogP contribution < -0.4 is 4.89 Å². The van der Waals surface area contributed by atoms with Crippen LogP contribution in [0.3, 0.4) is 0 Å². The van der Waals surface area contributed by atoms with E-state index in [1.54, 1.807) is 0 Å². The van der Waals surface area contributed by atoms with E-state index in [2.05, 4.69) is 50.3 Å². The Kier molecular flexibility index (Phi) is 74.0. The fraction of sp³-hybridized carbons (Fsp3) is 0.905. The number of ether oxygens (including phenoxy) is 2. The Bertz CT molecular complexity index is 1680. The molecule has 556 valence electrons. The van der Waals surface area contributed by atoms with Gasteiger partial charge in [-0.05, 0) is 70.6 Å². The average molecular weight is 1350 g/mol. The first-order valence-electron chi connectivity index (χ1n) is 41.7. The molecular weight excluding hydrogens is 1180 g/mol. The summed E-state index contributed by atoms with van der Waals surface area (Å²) in [6.07, 6.45) is 98.6. The van der Waals surface area contributed by atoms with E-state index in [9.17, 15) is 19.0 Å². The summed E-state index contributed by atoms with van der Waals surface area (Å²) < 4.78 is 34.5. The van der Waals surface area contributed by atoms with Crippen LogP contribution in [-0.2, 0) is 32.7 Å². The lowest BCUT2D eigenvalue weighted by Gasteiger charge is -2.28. The highest BCUT2D eigenvalue weighted by molar-refractivity contribution is 7.45. The lowest BCUT2D eigenvalue weighted by molar-refractivity contribution is -0.870. The number of rotatable bonds is 79. The molecule has 2 atom stereocenters. The Morgan fingerprint density at radius 2 is 0.574 bits per heavy atom. The van der Waals surface area contributed by atoms with Gasteiger partial charge in [-0.25, -0.2) is 0 Å². The molecule has 2 unspecified atom stereocenters. The Balaban J connectivity index is 3.88. The molecule has 0 saturated heterocycles. The molecule has 0 N–H and O–H groups in total. The van der Waals surface area contributed by atoms with E-state index in [0.29, 0.717) is 17.4 Å². The molecule has 0 radical (unpaired) electrons. The van der Waals surface area contributed by atoms with Crippen molar-refractivity contribution in [1.29, 1.82) is 0 Å². The van der Waals surface area contributed by atoms with Crippen molar-refractivity contribution in [3.63, 3.8) is 0 Å². The molecular formula is C84H162NO8P. The van der Waals surface area contributed by atoms with Crippen LogP contribution in [0.5, 0.6) is 0 Å². The topological polar surface area (TPSA) is 111 Å². The second-order valence-electron chi connectivity index (χ2n) is 29.8. The molecule has 0 heterocycles. The van der Waals surface area contributed by atoms with E-state index in [1.165, 1.54) is 366 Å². The second kappa shape index (κ2) is 75.4. The third kappa shape index (κ3) is 79.2. The summed E-state index contributed by atoms with van der Waals surface area (Å²) in [5.41, 5.74) is 0. The van der Waals surface area contributed by atoms with Crippen LogP contribution in [0.25, 0.3) is 0 Å². The summed E-state index contributed by atoms with van der Waals surface area (Å²) in [6, 6.07) is 0. The highest BCUT2D eigenvalue weighted by Crippen LogP contribution is 2.38. The van der Waals surface area contributed by atoms with Crippen molar-refractivity contribution < 1.29 is 42.1 Å². The van der Waals surface area contributed by atoms with Gasteiger partial charge in [0.15, 0.2) is 6.10 Å². The summed E-state index contributed by atoms with van der Waals surface area (Å²) in [7, 11) is 1.19. The summed E-state index contributed by atoms with van der Waals surface area (Å²) >= 11 is 0. The van der Waals surface area contributed by atoms with Crippen LogP contribution in [0.2, 0.25) is 0 Å². The SMILES string of the molecule is CCCCCCC/C=C\C/C=C\CCCCCCCCCCCCCCCCCCCCCCCCCC(=O)OC(COC(=O)CCCCCCCCCCCCCCCCCCCCCCCCC/C=C\CCCCCCCCCC)COP(=O)([O-])OCC[N+](C)(C)C.